The monoisotopic (exact) mass is 224 g/mol. The van der Waals surface area contributed by atoms with Gasteiger partial charge in [-0.2, -0.15) is 0 Å². The number of hydrogen-bond acceptors (Lipinski definition) is 1. The average Bonchev–Trinajstić information content (AvgIpc) is 2.23. The van der Waals surface area contributed by atoms with Crippen molar-refractivity contribution in [3.8, 4) is 0 Å². The first kappa shape index (κ1) is 11.9. The van der Waals surface area contributed by atoms with E-state index < -0.39 is 5.97 Å². The molecular formula is C14H24O2. The van der Waals surface area contributed by atoms with Gasteiger partial charge in [0.15, 0.2) is 0 Å². The standard InChI is InChI=1S/C14H24O2/c1-10-6-7-11-5-3-4-8-14(11,2)12(10)9-13(15)16/h10-12H,3-9H2,1-2H3,(H,15,16)/t10-,11?,12-,14?/m0/s1. The minimum atomic E-state index is -0.607. The molecule has 0 aromatic carbocycles. The number of carboxylic acid groups (broad SMARTS) is 1. The van der Waals surface area contributed by atoms with Crippen LogP contribution < -0.4 is 0 Å². The van der Waals surface area contributed by atoms with Crippen LogP contribution in [0.3, 0.4) is 0 Å². The molecule has 2 unspecified atom stereocenters. The van der Waals surface area contributed by atoms with E-state index in [1.807, 2.05) is 0 Å². The zero-order chi connectivity index (χ0) is 11.8. The lowest BCUT2D eigenvalue weighted by atomic mass is 9.52. The molecule has 0 heterocycles. The van der Waals surface area contributed by atoms with Crippen LogP contribution in [-0.4, -0.2) is 11.1 Å². The molecule has 92 valence electrons. The van der Waals surface area contributed by atoms with Gasteiger partial charge in [-0.15, -0.1) is 0 Å². The molecule has 0 radical (unpaired) electrons. The molecule has 0 aliphatic heterocycles. The van der Waals surface area contributed by atoms with Crippen molar-refractivity contribution in [3.63, 3.8) is 0 Å². The van der Waals surface area contributed by atoms with Gasteiger partial charge in [0.05, 0.1) is 0 Å². The van der Waals surface area contributed by atoms with Gasteiger partial charge < -0.3 is 5.11 Å². The first-order chi connectivity index (χ1) is 7.54. The maximum absolute atomic E-state index is 11.0. The van der Waals surface area contributed by atoms with Crippen molar-refractivity contribution in [1.29, 1.82) is 0 Å². The van der Waals surface area contributed by atoms with Gasteiger partial charge in [-0.3, -0.25) is 4.79 Å². The van der Waals surface area contributed by atoms with Crippen molar-refractivity contribution in [1.82, 2.24) is 0 Å². The molecule has 4 atom stereocenters. The molecule has 0 spiro atoms. The van der Waals surface area contributed by atoms with Crippen molar-refractivity contribution in [2.45, 2.75) is 58.8 Å². The van der Waals surface area contributed by atoms with Gasteiger partial charge >= 0.3 is 5.97 Å². The molecule has 2 fully saturated rings. The minimum absolute atomic E-state index is 0.314. The third-order valence-electron chi connectivity index (χ3n) is 5.35. The molecule has 1 N–H and O–H groups in total. The Bertz CT molecular complexity index is 274. The van der Waals surface area contributed by atoms with Crippen LogP contribution in [0.2, 0.25) is 0 Å². The van der Waals surface area contributed by atoms with Crippen molar-refractivity contribution in [2.75, 3.05) is 0 Å². The van der Waals surface area contributed by atoms with E-state index in [0.717, 1.165) is 5.92 Å². The van der Waals surface area contributed by atoms with Crippen LogP contribution in [0.5, 0.6) is 0 Å². The molecule has 2 nitrogen and oxygen atoms in total. The van der Waals surface area contributed by atoms with Gasteiger partial charge in [0.2, 0.25) is 0 Å². The summed E-state index contributed by atoms with van der Waals surface area (Å²) < 4.78 is 0. The molecule has 2 saturated carbocycles. The van der Waals surface area contributed by atoms with Gasteiger partial charge in [0, 0.05) is 6.42 Å². The second-order valence-electron chi connectivity index (χ2n) is 6.21. The first-order valence-electron chi connectivity index (χ1n) is 6.76. The predicted molar refractivity (Wildman–Crippen MR) is 64.2 cm³/mol. The van der Waals surface area contributed by atoms with Crippen LogP contribution in [-0.2, 0) is 4.79 Å². The Labute approximate surface area is 98.4 Å². The number of carboxylic acids is 1. The fraction of sp³-hybridized carbons (Fsp3) is 0.929. The van der Waals surface area contributed by atoms with Gasteiger partial charge in [0.25, 0.3) is 0 Å². The Morgan fingerprint density at radius 3 is 2.75 bits per heavy atom. The third kappa shape index (κ3) is 1.99. The highest BCUT2D eigenvalue weighted by Crippen LogP contribution is 2.56. The highest BCUT2D eigenvalue weighted by atomic mass is 16.4. The van der Waals surface area contributed by atoms with E-state index in [2.05, 4.69) is 13.8 Å². The molecule has 0 aromatic rings. The van der Waals surface area contributed by atoms with E-state index in [1.54, 1.807) is 0 Å². The summed E-state index contributed by atoms with van der Waals surface area (Å²) in [4.78, 5) is 11.0. The van der Waals surface area contributed by atoms with E-state index >= 15 is 0 Å². The molecule has 0 saturated heterocycles. The third-order valence-corrected chi connectivity index (χ3v) is 5.35. The second kappa shape index (κ2) is 4.38. The Kier molecular flexibility index (Phi) is 3.27. The highest BCUT2D eigenvalue weighted by Gasteiger charge is 2.48. The van der Waals surface area contributed by atoms with Crippen LogP contribution in [0.25, 0.3) is 0 Å². The van der Waals surface area contributed by atoms with Gasteiger partial charge in [0.1, 0.15) is 0 Å². The maximum Gasteiger partial charge on any atom is 0.303 e. The quantitative estimate of drug-likeness (QED) is 0.776. The van der Waals surface area contributed by atoms with Crippen LogP contribution in [0, 0.1) is 23.2 Å². The Balaban J connectivity index is 2.19. The zero-order valence-corrected chi connectivity index (χ0v) is 10.5. The van der Waals surface area contributed by atoms with Crippen molar-refractivity contribution >= 4 is 5.97 Å². The fourth-order valence-corrected chi connectivity index (χ4v) is 4.33. The van der Waals surface area contributed by atoms with Gasteiger partial charge in [-0.1, -0.05) is 33.1 Å². The number of aliphatic carboxylic acids is 1. The summed E-state index contributed by atoms with van der Waals surface area (Å²) >= 11 is 0. The fourth-order valence-electron chi connectivity index (χ4n) is 4.33. The largest absolute Gasteiger partial charge is 0.481 e. The molecule has 16 heavy (non-hydrogen) atoms. The van der Waals surface area contributed by atoms with Crippen LogP contribution in [0.15, 0.2) is 0 Å². The Morgan fingerprint density at radius 2 is 2.06 bits per heavy atom. The summed E-state index contributed by atoms with van der Waals surface area (Å²) in [5, 5.41) is 9.09. The van der Waals surface area contributed by atoms with Crippen LogP contribution >= 0.6 is 0 Å². The van der Waals surface area contributed by atoms with Crippen LogP contribution in [0.4, 0.5) is 0 Å². The molecule has 2 heteroatoms. The topological polar surface area (TPSA) is 37.3 Å². The summed E-state index contributed by atoms with van der Waals surface area (Å²) in [6.07, 6.45) is 8.18. The van der Waals surface area contributed by atoms with Gasteiger partial charge in [-0.05, 0) is 42.4 Å². The number of rotatable bonds is 2. The summed E-state index contributed by atoms with van der Waals surface area (Å²) in [5.41, 5.74) is 0.314. The highest BCUT2D eigenvalue weighted by molar-refractivity contribution is 5.67. The number of hydrogen-bond donors (Lipinski definition) is 1. The molecule has 2 aliphatic carbocycles. The summed E-state index contributed by atoms with van der Waals surface area (Å²) in [5.74, 6) is 1.19. The summed E-state index contributed by atoms with van der Waals surface area (Å²) in [6.45, 7) is 4.61. The normalized spacial score (nSPS) is 43.8. The van der Waals surface area contributed by atoms with Gasteiger partial charge in [-0.25, -0.2) is 0 Å². The Morgan fingerprint density at radius 1 is 1.31 bits per heavy atom. The molecule has 0 aromatic heterocycles. The van der Waals surface area contributed by atoms with E-state index in [-0.39, 0.29) is 0 Å². The van der Waals surface area contributed by atoms with E-state index in [0.29, 0.717) is 23.7 Å². The first-order valence-corrected chi connectivity index (χ1v) is 6.76. The molecule has 2 rings (SSSR count). The lowest BCUT2D eigenvalue weighted by molar-refractivity contribution is -0.142. The lowest BCUT2D eigenvalue weighted by Gasteiger charge is -2.53. The minimum Gasteiger partial charge on any atom is -0.481 e. The Hall–Kier alpha value is -0.530. The number of carbonyl (C=O) groups is 1. The van der Waals surface area contributed by atoms with Crippen molar-refractivity contribution in [2.24, 2.45) is 23.2 Å². The van der Waals surface area contributed by atoms with E-state index in [4.69, 9.17) is 5.11 Å². The molecular weight excluding hydrogens is 200 g/mol. The zero-order valence-electron chi connectivity index (χ0n) is 10.5. The second-order valence-corrected chi connectivity index (χ2v) is 6.21. The molecule has 2 aliphatic rings. The smallest absolute Gasteiger partial charge is 0.303 e. The maximum atomic E-state index is 11.0. The predicted octanol–water partition coefficient (Wildman–Crippen LogP) is 3.70. The van der Waals surface area contributed by atoms with Crippen molar-refractivity contribution in [3.05, 3.63) is 0 Å². The summed E-state index contributed by atoms with van der Waals surface area (Å²) in [7, 11) is 0. The average molecular weight is 224 g/mol. The SMILES string of the molecule is C[C@H]1CCC2CCCCC2(C)[C@H]1CC(=O)O. The van der Waals surface area contributed by atoms with E-state index in [9.17, 15) is 4.79 Å². The van der Waals surface area contributed by atoms with E-state index in [1.165, 1.54) is 38.5 Å². The summed E-state index contributed by atoms with van der Waals surface area (Å²) in [6, 6.07) is 0. The number of fused-ring (bicyclic) bond motifs is 1. The van der Waals surface area contributed by atoms with Crippen LogP contribution in [0.1, 0.15) is 58.8 Å². The molecule has 0 bridgehead atoms. The lowest BCUT2D eigenvalue weighted by Crippen LogP contribution is -2.45. The molecule has 0 amide bonds. The van der Waals surface area contributed by atoms with Crippen molar-refractivity contribution < 1.29 is 9.90 Å².